The highest BCUT2D eigenvalue weighted by Gasteiger charge is 2.52. The molecule has 2 atom stereocenters. The van der Waals surface area contributed by atoms with Crippen molar-refractivity contribution in [2.45, 2.75) is 37.4 Å². The summed E-state index contributed by atoms with van der Waals surface area (Å²) in [6.45, 7) is 1.68. The summed E-state index contributed by atoms with van der Waals surface area (Å²) in [7, 11) is 0. The number of carbonyl (C=O) groups excluding carboxylic acids is 1. The molecule has 1 N–H and O–H groups in total. The molecular weight excluding hydrogens is 360 g/mol. The minimum atomic E-state index is -4.86. The summed E-state index contributed by atoms with van der Waals surface area (Å²) in [6, 6.07) is 5.32. The van der Waals surface area contributed by atoms with Gasteiger partial charge in [-0.1, -0.05) is 12.1 Å². The lowest BCUT2D eigenvalue weighted by Gasteiger charge is -2.31. The Morgan fingerprint density at radius 1 is 1.16 bits per heavy atom. The molecule has 1 aromatic carbocycles. The van der Waals surface area contributed by atoms with Gasteiger partial charge in [-0.05, 0) is 56.0 Å². The minimum absolute atomic E-state index is 0. The van der Waals surface area contributed by atoms with Gasteiger partial charge in [-0.25, -0.2) is 4.39 Å². The van der Waals surface area contributed by atoms with Gasteiger partial charge in [-0.15, -0.1) is 12.4 Å². The van der Waals surface area contributed by atoms with Crippen LogP contribution in [-0.4, -0.2) is 42.7 Å². The number of amides is 1. The number of halogens is 5. The van der Waals surface area contributed by atoms with E-state index >= 15 is 0 Å². The molecule has 0 spiro atoms. The molecule has 2 fully saturated rings. The van der Waals surface area contributed by atoms with Crippen LogP contribution >= 0.6 is 12.4 Å². The van der Waals surface area contributed by atoms with Gasteiger partial charge in [0.2, 0.25) is 0 Å². The Bertz CT molecular complexity index is 587. The fourth-order valence-corrected chi connectivity index (χ4v) is 3.47. The van der Waals surface area contributed by atoms with Crippen molar-refractivity contribution in [3.8, 4) is 0 Å². The number of nitrogens with one attached hydrogen (secondary N) is 1. The molecule has 1 aromatic rings. The van der Waals surface area contributed by atoms with E-state index in [4.69, 9.17) is 0 Å². The Hall–Kier alpha value is -1.34. The third-order valence-corrected chi connectivity index (χ3v) is 4.87. The fourth-order valence-electron chi connectivity index (χ4n) is 3.47. The third-order valence-electron chi connectivity index (χ3n) is 4.87. The van der Waals surface area contributed by atoms with Crippen molar-refractivity contribution in [2.75, 3.05) is 19.6 Å². The van der Waals surface area contributed by atoms with E-state index < -0.39 is 18.1 Å². The van der Waals surface area contributed by atoms with Crippen LogP contribution in [0.1, 0.15) is 30.7 Å². The Balaban J connectivity index is 0.00000225. The molecule has 1 amide bonds. The number of nitrogens with zero attached hydrogens (tertiary/aromatic N) is 1. The Kier molecular flexibility index (Phi) is 6.32. The SMILES string of the molecule is Cl.O=C(N(CC1CCNCC1)C1CC1c1ccc(F)cc1)C(F)(F)F. The highest BCUT2D eigenvalue weighted by Crippen LogP contribution is 2.46. The van der Waals surface area contributed by atoms with Crippen LogP contribution in [0, 0.1) is 11.7 Å². The molecule has 0 bridgehead atoms. The van der Waals surface area contributed by atoms with Crippen molar-refractivity contribution in [1.29, 1.82) is 0 Å². The summed E-state index contributed by atoms with van der Waals surface area (Å²) in [5, 5.41) is 3.17. The molecule has 25 heavy (non-hydrogen) atoms. The van der Waals surface area contributed by atoms with Crippen molar-refractivity contribution in [1.82, 2.24) is 10.2 Å². The number of rotatable bonds is 4. The quantitative estimate of drug-likeness (QED) is 0.811. The smallest absolute Gasteiger partial charge is 0.331 e. The standard InChI is InChI=1S/C17H20F4N2O.ClH/c18-13-3-1-12(2-4-13)14-9-15(14)23(16(24)17(19,20)21)10-11-5-7-22-8-6-11;/h1-4,11,14-15,22H,5-10H2;1H. The second-order valence-electron chi connectivity index (χ2n) is 6.61. The molecule has 0 radical (unpaired) electrons. The molecule has 0 aromatic heterocycles. The molecule has 1 heterocycles. The van der Waals surface area contributed by atoms with Crippen molar-refractivity contribution in [3.63, 3.8) is 0 Å². The number of benzene rings is 1. The maximum absolute atomic E-state index is 13.0. The molecule has 3 rings (SSSR count). The van der Waals surface area contributed by atoms with Crippen LogP contribution in [-0.2, 0) is 4.79 Å². The van der Waals surface area contributed by atoms with Crippen LogP contribution in [0.4, 0.5) is 17.6 Å². The van der Waals surface area contributed by atoms with E-state index in [1.54, 1.807) is 12.1 Å². The van der Waals surface area contributed by atoms with Crippen LogP contribution in [0.15, 0.2) is 24.3 Å². The predicted molar refractivity (Wildman–Crippen MR) is 88.2 cm³/mol. The van der Waals surface area contributed by atoms with Gasteiger partial charge in [0.15, 0.2) is 0 Å². The average molecular weight is 381 g/mol. The van der Waals surface area contributed by atoms with Crippen molar-refractivity contribution in [3.05, 3.63) is 35.6 Å². The molecular formula is C17H21ClF4N2O. The van der Waals surface area contributed by atoms with Gasteiger partial charge in [0, 0.05) is 18.5 Å². The van der Waals surface area contributed by atoms with Crippen molar-refractivity contribution >= 4 is 18.3 Å². The first kappa shape index (κ1) is 20.0. The third kappa shape index (κ3) is 4.85. The second-order valence-corrected chi connectivity index (χ2v) is 6.61. The molecule has 2 aliphatic rings. The van der Waals surface area contributed by atoms with Gasteiger partial charge >= 0.3 is 12.1 Å². The van der Waals surface area contributed by atoms with E-state index in [2.05, 4.69) is 5.32 Å². The van der Waals surface area contributed by atoms with Gasteiger partial charge in [0.1, 0.15) is 5.82 Å². The monoisotopic (exact) mass is 380 g/mol. The van der Waals surface area contributed by atoms with Gasteiger partial charge in [0.25, 0.3) is 0 Å². The van der Waals surface area contributed by atoms with Crippen molar-refractivity contribution in [2.24, 2.45) is 5.92 Å². The normalized spacial score (nSPS) is 23.7. The molecule has 3 nitrogen and oxygen atoms in total. The Morgan fingerprint density at radius 3 is 2.32 bits per heavy atom. The van der Waals surface area contributed by atoms with E-state index in [1.165, 1.54) is 12.1 Å². The minimum Gasteiger partial charge on any atom is -0.331 e. The zero-order valence-electron chi connectivity index (χ0n) is 13.6. The summed E-state index contributed by atoms with van der Waals surface area (Å²) in [6.07, 6.45) is -2.81. The van der Waals surface area contributed by atoms with Gasteiger partial charge < -0.3 is 10.2 Å². The first-order valence-corrected chi connectivity index (χ1v) is 8.20. The van der Waals surface area contributed by atoms with Crippen LogP contribution in [0.5, 0.6) is 0 Å². The van der Waals surface area contributed by atoms with Crippen LogP contribution < -0.4 is 5.32 Å². The number of hydrogen-bond donors (Lipinski definition) is 1. The second kappa shape index (κ2) is 7.91. The maximum atomic E-state index is 13.0. The van der Waals surface area contributed by atoms with E-state index in [0.29, 0.717) is 6.42 Å². The molecule has 1 aliphatic carbocycles. The summed E-state index contributed by atoms with van der Waals surface area (Å²) in [5.74, 6) is -2.19. The summed E-state index contributed by atoms with van der Waals surface area (Å²) in [5.41, 5.74) is 0.784. The largest absolute Gasteiger partial charge is 0.471 e. The van der Waals surface area contributed by atoms with Crippen molar-refractivity contribution < 1.29 is 22.4 Å². The molecule has 140 valence electrons. The van der Waals surface area contributed by atoms with E-state index in [0.717, 1.165) is 36.4 Å². The van der Waals surface area contributed by atoms with Crippen LogP contribution in [0.2, 0.25) is 0 Å². The summed E-state index contributed by atoms with van der Waals surface area (Å²) in [4.78, 5) is 12.9. The van der Waals surface area contributed by atoms with Gasteiger partial charge in [-0.3, -0.25) is 4.79 Å². The number of piperidine rings is 1. The number of alkyl halides is 3. The van der Waals surface area contributed by atoms with E-state index in [9.17, 15) is 22.4 Å². The molecule has 1 aliphatic heterocycles. The highest BCUT2D eigenvalue weighted by molar-refractivity contribution is 5.85. The van der Waals surface area contributed by atoms with E-state index in [-0.39, 0.29) is 36.6 Å². The summed E-state index contributed by atoms with van der Waals surface area (Å²) >= 11 is 0. The molecule has 1 saturated carbocycles. The Morgan fingerprint density at radius 2 is 1.76 bits per heavy atom. The zero-order valence-corrected chi connectivity index (χ0v) is 14.4. The first-order valence-electron chi connectivity index (χ1n) is 8.20. The summed E-state index contributed by atoms with van der Waals surface area (Å²) < 4.78 is 51.9. The van der Waals surface area contributed by atoms with Gasteiger partial charge in [-0.2, -0.15) is 13.2 Å². The van der Waals surface area contributed by atoms with Crippen LogP contribution in [0.25, 0.3) is 0 Å². The Labute approximate surface area is 150 Å². The molecule has 1 saturated heterocycles. The fraction of sp³-hybridized carbons (Fsp3) is 0.588. The number of carbonyl (C=O) groups is 1. The first-order chi connectivity index (χ1) is 11.4. The van der Waals surface area contributed by atoms with Gasteiger partial charge in [0.05, 0.1) is 0 Å². The predicted octanol–water partition coefficient (Wildman–Crippen LogP) is 3.49. The van der Waals surface area contributed by atoms with E-state index in [1.807, 2.05) is 0 Å². The average Bonchev–Trinajstić information content (AvgIpc) is 3.33. The lowest BCUT2D eigenvalue weighted by Crippen LogP contribution is -2.46. The maximum Gasteiger partial charge on any atom is 0.471 e. The topological polar surface area (TPSA) is 32.3 Å². The zero-order chi connectivity index (χ0) is 17.3. The lowest BCUT2D eigenvalue weighted by molar-refractivity contribution is -0.186. The van der Waals surface area contributed by atoms with Crippen LogP contribution in [0.3, 0.4) is 0 Å². The molecule has 2 unspecified atom stereocenters. The molecule has 8 heteroatoms. The lowest BCUT2D eigenvalue weighted by atomic mass is 9.97. The number of hydrogen-bond acceptors (Lipinski definition) is 2. The highest BCUT2D eigenvalue weighted by atomic mass is 35.5.